The van der Waals surface area contributed by atoms with Gasteiger partial charge in [-0.2, -0.15) is 0 Å². The lowest BCUT2D eigenvalue weighted by molar-refractivity contribution is 0.468. The van der Waals surface area contributed by atoms with Gasteiger partial charge in [-0.3, -0.25) is 9.78 Å². The van der Waals surface area contributed by atoms with E-state index < -0.39 is 0 Å². The fraction of sp³-hybridized carbons (Fsp3) is 0.158. The van der Waals surface area contributed by atoms with E-state index in [2.05, 4.69) is 4.98 Å². The summed E-state index contributed by atoms with van der Waals surface area (Å²) in [6, 6.07) is 8.20. The molecule has 23 heavy (non-hydrogen) atoms. The predicted octanol–water partition coefficient (Wildman–Crippen LogP) is 4.07. The minimum atomic E-state index is -0.136. The number of phenols is 1. The third-order valence-electron chi connectivity index (χ3n) is 3.64. The Morgan fingerprint density at radius 2 is 2.13 bits per heavy atom. The minimum absolute atomic E-state index is 0.126. The van der Waals surface area contributed by atoms with Crippen molar-refractivity contribution in [3.8, 4) is 17.1 Å². The molecule has 2 heterocycles. The van der Waals surface area contributed by atoms with Crippen molar-refractivity contribution >= 4 is 11.0 Å². The number of hydrogen-bond acceptors (Lipinski definition) is 4. The van der Waals surface area contributed by atoms with Crippen LogP contribution in [0, 0.1) is 0 Å². The highest BCUT2D eigenvalue weighted by Crippen LogP contribution is 2.29. The van der Waals surface area contributed by atoms with E-state index in [0.717, 1.165) is 11.1 Å². The number of rotatable bonds is 3. The number of nitrogens with zero attached hydrogens (tertiary/aromatic N) is 1. The average Bonchev–Trinajstić information content (AvgIpc) is 2.54. The Morgan fingerprint density at radius 3 is 2.83 bits per heavy atom. The molecule has 1 aromatic carbocycles. The summed E-state index contributed by atoms with van der Waals surface area (Å²) in [6.45, 7) is 3.97. The van der Waals surface area contributed by atoms with Crippen LogP contribution in [0.5, 0.6) is 5.75 Å². The van der Waals surface area contributed by atoms with Crippen molar-refractivity contribution in [2.75, 3.05) is 0 Å². The molecule has 2 aromatic heterocycles. The van der Waals surface area contributed by atoms with Gasteiger partial charge in [0.25, 0.3) is 0 Å². The molecule has 0 radical (unpaired) electrons. The number of hydrogen-bond donors (Lipinski definition) is 1. The first-order chi connectivity index (χ1) is 11.1. The van der Waals surface area contributed by atoms with Crippen LogP contribution in [0.15, 0.2) is 63.6 Å². The van der Waals surface area contributed by atoms with E-state index in [-0.39, 0.29) is 11.2 Å². The smallest absolute Gasteiger partial charge is 0.193 e. The first-order valence-corrected chi connectivity index (χ1v) is 7.38. The molecule has 0 fully saturated rings. The Balaban J connectivity index is 2.27. The lowest BCUT2D eigenvalue weighted by atomic mass is 10.0. The third-order valence-corrected chi connectivity index (χ3v) is 3.64. The largest absolute Gasteiger partial charge is 0.508 e. The Hall–Kier alpha value is -2.88. The molecule has 0 amide bonds. The lowest BCUT2D eigenvalue weighted by Gasteiger charge is -2.08. The molecule has 3 rings (SSSR count). The number of allylic oxidation sites excluding steroid dienone is 2. The van der Waals surface area contributed by atoms with Crippen LogP contribution in [-0.4, -0.2) is 10.1 Å². The van der Waals surface area contributed by atoms with Crippen LogP contribution in [0.1, 0.15) is 19.4 Å². The van der Waals surface area contributed by atoms with E-state index in [0.29, 0.717) is 28.7 Å². The van der Waals surface area contributed by atoms with Gasteiger partial charge in [-0.15, -0.1) is 0 Å². The summed E-state index contributed by atoms with van der Waals surface area (Å²) < 4.78 is 5.94. The molecule has 0 saturated carbocycles. The van der Waals surface area contributed by atoms with Crippen LogP contribution >= 0.6 is 0 Å². The highest BCUT2D eigenvalue weighted by Gasteiger charge is 2.13. The molecule has 0 saturated heterocycles. The molecule has 0 aliphatic heterocycles. The number of benzene rings is 1. The van der Waals surface area contributed by atoms with Gasteiger partial charge in [-0.05, 0) is 44.5 Å². The van der Waals surface area contributed by atoms with Crippen molar-refractivity contribution in [2.45, 2.75) is 20.3 Å². The van der Waals surface area contributed by atoms with Crippen LogP contribution in [-0.2, 0) is 6.42 Å². The van der Waals surface area contributed by atoms with Gasteiger partial charge in [-0.1, -0.05) is 11.6 Å². The van der Waals surface area contributed by atoms with Crippen LogP contribution in [0.2, 0.25) is 0 Å². The molecular weight excluding hydrogens is 290 g/mol. The number of pyridine rings is 1. The summed E-state index contributed by atoms with van der Waals surface area (Å²) in [5, 5.41) is 10.6. The van der Waals surface area contributed by atoms with E-state index in [9.17, 15) is 9.90 Å². The Morgan fingerprint density at radius 1 is 1.30 bits per heavy atom. The fourth-order valence-electron chi connectivity index (χ4n) is 2.42. The fourth-order valence-corrected chi connectivity index (χ4v) is 2.42. The highest BCUT2D eigenvalue weighted by atomic mass is 16.3. The Bertz CT molecular complexity index is 936. The van der Waals surface area contributed by atoms with Crippen molar-refractivity contribution in [1.29, 1.82) is 0 Å². The molecule has 0 aliphatic rings. The zero-order chi connectivity index (χ0) is 16.4. The molecule has 3 aromatic rings. The molecule has 4 heteroatoms. The molecule has 0 atom stereocenters. The molecule has 0 aliphatic carbocycles. The topological polar surface area (TPSA) is 63.3 Å². The van der Waals surface area contributed by atoms with E-state index in [1.165, 1.54) is 12.1 Å². The van der Waals surface area contributed by atoms with Crippen LogP contribution in [0.4, 0.5) is 0 Å². The third kappa shape index (κ3) is 3.01. The van der Waals surface area contributed by atoms with Crippen LogP contribution < -0.4 is 5.43 Å². The number of phenolic OH excluding ortho intramolecular Hbond substituents is 1. The van der Waals surface area contributed by atoms with Crippen LogP contribution in [0.25, 0.3) is 22.3 Å². The zero-order valence-electron chi connectivity index (χ0n) is 13.0. The van der Waals surface area contributed by atoms with E-state index in [1.807, 2.05) is 26.0 Å². The first-order valence-electron chi connectivity index (χ1n) is 7.38. The molecule has 4 nitrogen and oxygen atoms in total. The number of aromatic nitrogens is 1. The van der Waals surface area contributed by atoms with E-state index in [4.69, 9.17) is 4.42 Å². The van der Waals surface area contributed by atoms with Crippen LogP contribution in [0.3, 0.4) is 0 Å². The summed E-state index contributed by atoms with van der Waals surface area (Å²) in [7, 11) is 0. The van der Waals surface area contributed by atoms with Crippen molar-refractivity contribution in [3.05, 3.63) is 70.2 Å². The van der Waals surface area contributed by atoms with Gasteiger partial charge in [-0.25, -0.2) is 0 Å². The summed E-state index contributed by atoms with van der Waals surface area (Å²) in [4.78, 5) is 16.4. The van der Waals surface area contributed by atoms with Gasteiger partial charge in [0, 0.05) is 29.6 Å². The second kappa shape index (κ2) is 6.08. The summed E-state index contributed by atoms with van der Waals surface area (Å²) in [5.74, 6) is 0.570. The quantitative estimate of drug-likeness (QED) is 0.741. The van der Waals surface area contributed by atoms with E-state index >= 15 is 0 Å². The molecular formula is C19H17NO3. The monoisotopic (exact) mass is 307 g/mol. The first kappa shape index (κ1) is 15.0. The van der Waals surface area contributed by atoms with Gasteiger partial charge in [0.1, 0.15) is 17.1 Å². The molecule has 0 bridgehead atoms. The second-order valence-electron chi connectivity index (χ2n) is 5.64. The zero-order valence-corrected chi connectivity index (χ0v) is 13.0. The van der Waals surface area contributed by atoms with Crippen molar-refractivity contribution in [1.82, 2.24) is 4.98 Å². The maximum Gasteiger partial charge on any atom is 0.193 e. The summed E-state index contributed by atoms with van der Waals surface area (Å²) in [5.41, 5.74) is 2.76. The maximum atomic E-state index is 12.4. The van der Waals surface area contributed by atoms with Crippen molar-refractivity contribution < 1.29 is 9.52 Å². The Labute approximate surface area is 133 Å². The lowest BCUT2D eigenvalue weighted by Crippen LogP contribution is -2.02. The van der Waals surface area contributed by atoms with Gasteiger partial charge in [0.05, 0.1) is 5.39 Å². The average molecular weight is 307 g/mol. The summed E-state index contributed by atoms with van der Waals surface area (Å²) >= 11 is 0. The summed E-state index contributed by atoms with van der Waals surface area (Å²) in [6.07, 6.45) is 5.80. The Kier molecular flexibility index (Phi) is 3.98. The minimum Gasteiger partial charge on any atom is -0.508 e. The molecule has 0 unspecified atom stereocenters. The van der Waals surface area contributed by atoms with Gasteiger partial charge in [0.2, 0.25) is 0 Å². The van der Waals surface area contributed by atoms with Gasteiger partial charge in [0.15, 0.2) is 5.43 Å². The van der Waals surface area contributed by atoms with Crippen molar-refractivity contribution in [2.24, 2.45) is 0 Å². The maximum absolute atomic E-state index is 12.4. The molecule has 116 valence electrons. The predicted molar refractivity (Wildman–Crippen MR) is 90.5 cm³/mol. The highest BCUT2D eigenvalue weighted by molar-refractivity contribution is 5.83. The van der Waals surface area contributed by atoms with Crippen molar-refractivity contribution in [3.63, 3.8) is 0 Å². The van der Waals surface area contributed by atoms with E-state index in [1.54, 1.807) is 24.5 Å². The number of fused-ring (bicyclic) bond motifs is 1. The molecule has 0 spiro atoms. The second-order valence-corrected chi connectivity index (χ2v) is 5.64. The molecule has 1 N–H and O–H groups in total. The normalized spacial score (nSPS) is 10.7. The standard InChI is InChI=1S/C19H17NO3/c1-12(2)5-6-14-16(21)8-7-15-17(22)10-18(23-19(14)15)13-4-3-9-20-11-13/h3-5,7-11,21H,6H2,1-2H3. The SMILES string of the molecule is CC(C)=CCc1c(O)ccc2c(=O)cc(-c3cccnc3)oc12. The van der Waals surface area contributed by atoms with Gasteiger partial charge >= 0.3 is 0 Å². The van der Waals surface area contributed by atoms with Gasteiger partial charge < -0.3 is 9.52 Å². The number of aromatic hydroxyl groups is 1.